The number of hydrogen-bond acceptors (Lipinski definition) is 3. The monoisotopic (exact) mass is 521 g/mol. The maximum Gasteiger partial charge on any atom is 0.417 e. The summed E-state index contributed by atoms with van der Waals surface area (Å²) < 4.78 is 62.4. The van der Waals surface area contributed by atoms with E-state index in [1.165, 1.54) is 30.5 Å². The fourth-order valence-corrected chi connectivity index (χ4v) is 4.69. The molecule has 1 aliphatic rings. The molecule has 0 fully saturated rings. The highest BCUT2D eigenvalue weighted by Crippen LogP contribution is 2.39. The highest BCUT2D eigenvalue weighted by Gasteiger charge is 2.37. The average molecular weight is 522 g/mol. The van der Waals surface area contributed by atoms with Crippen LogP contribution in [0.2, 0.25) is 5.02 Å². The Balaban J connectivity index is 1.77. The average Bonchev–Trinajstić information content (AvgIpc) is 3.18. The number of allylic oxidation sites excluding steroid dienone is 2. The number of nitrogens with zero attached hydrogens (tertiary/aromatic N) is 1. The molecular formula is C27H24ClF4NO3. The molecule has 36 heavy (non-hydrogen) atoms. The molecule has 0 aliphatic heterocycles. The summed E-state index contributed by atoms with van der Waals surface area (Å²) in [5.41, 5.74) is -1.28. The smallest absolute Gasteiger partial charge is 0.417 e. The number of halogens is 5. The SMILES string of the molecule is CC(C)(C)OC(=O)C1CC=C(c2cn(C(=O)c3c(Cl)cccc3C(F)(F)F)c3cccc(F)c23)CC1. The zero-order chi connectivity index (χ0) is 26.4. The summed E-state index contributed by atoms with van der Waals surface area (Å²) in [6, 6.07) is 7.19. The molecule has 0 bridgehead atoms. The van der Waals surface area contributed by atoms with E-state index < -0.39 is 34.6 Å². The maximum absolute atomic E-state index is 15.0. The number of aromatic nitrogens is 1. The minimum atomic E-state index is -4.81. The molecule has 1 heterocycles. The third-order valence-electron chi connectivity index (χ3n) is 6.03. The number of benzene rings is 2. The Bertz CT molecular complexity index is 1380. The molecule has 1 atom stereocenters. The van der Waals surface area contributed by atoms with Gasteiger partial charge in [-0.2, -0.15) is 13.2 Å². The third-order valence-corrected chi connectivity index (χ3v) is 6.34. The molecule has 1 aliphatic carbocycles. The fraction of sp³-hybridized carbons (Fsp3) is 0.333. The van der Waals surface area contributed by atoms with Crippen molar-refractivity contribution in [2.45, 2.75) is 51.8 Å². The van der Waals surface area contributed by atoms with Crippen molar-refractivity contribution in [3.8, 4) is 0 Å². The van der Waals surface area contributed by atoms with E-state index in [0.717, 1.165) is 16.7 Å². The molecular weight excluding hydrogens is 498 g/mol. The Kier molecular flexibility index (Phi) is 6.77. The molecule has 0 spiro atoms. The van der Waals surface area contributed by atoms with Crippen LogP contribution >= 0.6 is 11.6 Å². The summed E-state index contributed by atoms with van der Waals surface area (Å²) in [5, 5.41) is -0.236. The van der Waals surface area contributed by atoms with E-state index in [4.69, 9.17) is 16.3 Å². The van der Waals surface area contributed by atoms with Crippen LogP contribution in [0.5, 0.6) is 0 Å². The van der Waals surface area contributed by atoms with Gasteiger partial charge in [-0.05, 0) is 69.9 Å². The zero-order valence-corrected chi connectivity index (χ0v) is 20.6. The van der Waals surface area contributed by atoms with Crippen molar-refractivity contribution in [2.24, 2.45) is 5.92 Å². The van der Waals surface area contributed by atoms with Gasteiger partial charge in [-0.25, -0.2) is 4.39 Å². The summed E-state index contributed by atoms with van der Waals surface area (Å²) in [6.07, 6.45) is -0.439. The lowest BCUT2D eigenvalue weighted by Gasteiger charge is -2.26. The molecule has 1 aromatic heterocycles. The van der Waals surface area contributed by atoms with Gasteiger partial charge in [0, 0.05) is 17.1 Å². The first-order chi connectivity index (χ1) is 16.8. The predicted octanol–water partition coefficient (Wildman–Crippen LogP) is 7.67. The summed E-state index contributed by atoms with van der Waals surface area (Å²) in [7, 11) is 0. The van der Waals surface area contributed by atoms with Gasteiger partial charge in [-0.1, -0.05) is 29.8 Å². The van der Waals surface area contributed by atoms with Gasteiger partial charge in [-0.3, -0.25) is 14.2 Å². The van der Waals surface area contributed by atoms with E-state index in [0.29, 0.717) is 30.4 Å². The number of alkyl halides is 3. The van der Waals surface area contributed by atoms with Gasteiger partial charge < -0.3 is 4.74 Å². The molecule has 0 amide bonds. The van der Waals surface area contributed by atoms with Gasteiger partial charge in [0.2, 0.25) is 0 Å². The Labute approximate surface area is 210 Å². The topological polar surface area (TPSA) is 48.3 Å². The minimum absolute atomic E-state index is 0.119. The molecule has 9 heteroatoms. The lowest BCUT2D eigenvalue weighted by Crippen LogP contribution is -2.29. The number of hydrogen-bond donors (Lipinski definition) is 0. The molecule has 2 aromatic carbocycles. The van der Waals surface area contributed by atoms with Gasteiger partial charge in [0.25, 0.3) is 5.91 Å². The summed E-state index contributed by atoms with van der Waals surface area (Å²) in [5.74, 6) is -2.30. The van der Waals surface area contributed by atoms with Crippen molar-refractivity contribution >= 4 is 40.0 Å². The number of carbonyl (C=O) groups is 2. The van der Waals surface area contributed by atoms with Gasteiger partial charge in [0.1, 0.15) is 11.4 Å². The second-order valence-corrected chi connectivity index (χ2v) is 10.2. The normalized spacial score (nSPS) is 16.7. The molecule has 1 unspecified atom stereocenters. The number of ether oxygens (including phenoxy) is 1. The van der Waals surface area contributed by atoms with Gasteiger partial charge in [-0.15, -0.1) is 0 Å². The van der Waals surface area contributed by atoms with Gasteiger partial charge in [0.05, 0.1) is 27.6 Å². The van der Waals surface area contributed by atoms with Crippen LogP contribution in [-0.4, -0.2) is 22.0 Å². The van der Waals surface area contributed by atoms with E-state index >= 15 is 0 Å². The summed E-state index contributed by atoms with van der Waals surface area (Å²) in [6.45, 7) is 5.35. The quantitative estimate of drug-likeness (QED) is 0.262. The van der Waals surface area contributed by atoms with Crippen LogP contribution in [-0.2, 0) is 15.7 Å². The van der Waals surface area contributed by atoms with Crippen LogP contribution in [0, 0.1) is 11.7 Å². The van der Waals surface area contributed by atoms with Crippen molar-refractivity contribution in [1.29, 1.82) is 0 Å². The van der Waals surface area contributed by atoms with Crippen LogP contribution in [0.15, 0.2) is 48.7 Å². The fourth-order valence-electron chi connectivity index (χ4n) is 4.43. The molecule has 0 radical (unpaired) electrons. The Hall–Kier alpha value is -3.13. The molecule has 4 rings (SSSR count). The standard InChI is InChI=1S/C27H24ClF4NO3/c1-26(2,3)36-25(35)16-12-10-15(11-13-16)17-14-33(21-9-5-8-20(29)22(17)21)24(34)23-18(27(30,31)32)6-4-7-19(23)28/h4-10,14,16H,11-13H2,1-3H3. The van der Waals surface area contributed by atoms with Crippen molar-refractivity contribution in [1.82, 2.24) is 4.57 Å². The van der Waals surface area contributed by atoms with Crippen LogP contribution in [0.1, 0.15) is 61.5 Å². The second-order valence-electron chi connectivity index (χ2n) is 9.75. The van der Waals surface area contributed by atoms with E-state index in [1.54, 1.807) is 26.8 Å². The third kappa shape index (κ3) is 5.05. The van der Waals surface area contributed by atoms with Crippen LogP contribution < -0.4 is 0 Å². The molecule has 4 nitrogen and oxygen atoms in total. The lowest BCUT2D eigenvalue weighted by atomic mass is 9.86. The van der Waals surface area contributed by atoms with E-state index in [2.05, 4.69) is 0 Å². The van der Waals surface area contributed by atoms with Crippen molar-refractivity contribution in [2.75, 3.05) is 0 Å². The van der Waals surface area contributed by atoms with Gasteiger partial charge >= 0.3 is 12.1 Å². The second kappa shape index (κ2) is 9.39. The van der Waals surface area contributed by atoms with Crippen molar-refractivity contribution in [3.05, 3.63) is 76.2 Å². The molecule has 0 saturated carbocycles. The number of esters is 1. The zero-order valence-electron chi connectivity index (χ0n) is 19.9. The Morgan fingerprint density at radius 1 is 1.08 bits per heavy atom. The summed E-state index contributed by atoms with van der Waals surface area (Å²) >= 11 is 6.05. The number of carbonyl (C=O) groups excluding carboxylic acids is 2. The van der Waals surface area contributed by atoms with Crippen LogP contribution in [0.25, 0.3) is 16.5 Å². The number of fused-ring (bicyclic) bond motifs is 1. The predicted molar refractivity (Wildman–Crippen MR) is 129 cm³/mol. The highest BCUT2D eigenvalue weighted by atomic mass is 35.5. The van der Waals surface area contributed by atoms with Crippen molar-refractivity contribution in [3.63, 3.8) is 0 Å². The maximum atomic E-state index is 15.0. The van der Waals surface area contributed by atoms with Crippen LogP contribution in [0.4, 0.5) is 17.6 Å². The van der Waals surface area contributed by atoms with Crippen molar-refractivity contribution < 1.29 is 31.9 Å². The first-order valence-corrected chi connectivity index (χ1v) is 11.8. The molecule has 0 saturated heterocycles. The minimum Gasteiger partial charge on any atom is -0.460 e. The van der Waals surface area contributed by atoms with E-state index in [1.807, 2.05) is 0 Å². The molecule has 190 valence electrons. The summed E-state index contributed by atoms with van der Waals surface area (Å²) in [4.78, 5) is 25.9. The molecule has 3 aromatic rings. The largest absolute Gasteiger partial charge is 0.460 e. The van der Waals surface area contributed by atoms with E-state index in [-0.39, 0.29) is 27.8 Å². The Morgan fingerprint density at radius 3 is 2.39 bits per heavy atom. The first-order valence-electron chi connectivity index (χ1n) is 11.4. The first kappa shape index (κ1) is 25.9. The van der Waals surface area contributed by atoms with Crippen LogP contribution in [0.3, 0.4) is 0 Å². The highest BCUT2D eigenvalue weighted by molar-refractivity contribution is 6.34. The molecule has 0 N–H and O–H groups in total. The Morgan fingerprint density at radius 2 is 1.78 bits per heavy atom. The number of rotatable bonds is 3. The van der Waals surface area contributed by atoms with Gasteiger partial charge in [0.15, 0.2) is 0 Å². The lowest BCUT2D eigenvalue weighted by molar-refractivity contribution is -0.160. The van der Waals surface area contributed by atoms with E-state index in [9.17, 15) is 27.2 Å².